The van der Waals surface area contributed by atoms with Crippen LogP contribution in [0.1, 0.15) is 0 Å². The molecule has 1 fully saturated rings. The van der Waals surface area contributed by atoms with Crippen LogP contribution in [-0.4, -0.2) is 41.8 Å². The third kappa shape index (κ3) is 1.52. The fourth-order valence-corrected chi connectivity index (χ4v) is 1.22. The van der Waals surface area contributed by atoms with Crippen LogP contribution in [0.2, 0.25) is 0 Å². The molecular weight excluding hydrogens is 151 g/mol. The van der Waals surface area contributed by atoms with E-state index in [0.717, 1.165) is 0 Å². The Hall–Kier alpha value is -0.190. The van der Waals surface area contributed by atoms with Crippen LogP contribution in [0.15, 0.2) is 0 Å². The van der Waals surface area contributed by atoms with Gasteiger partial charge in [-0.1, -0.05) is 0 Å². The third-order valence-corrected chi connectivity index (χ3v) is 1.94. The quantitative estimate of drug-likeness (QED) is 0.570. The van der Waals surface area contributed by atoms with Crippen LogP contribution in [0.4, 0.5) is 4.39 Å². The molecule has 11 heavy (non-hydrogen) atoms. The van der Waals surface area contributed by atoms with Crippen LogP contribution in [0.5, 0.6) is 0 Å². The van der Waals surface area contributed by atoms with Crippen molar-refractivity contribution in [3.05, 3.63) is 6.92 Å². The number of alkyl halides is 1. The topological polar surface area (TPSA) is 49.7 Å². The van der Waals surface area contributed by atoms with Crippen molar-refractivity contribution in [3.63, 3.8) is 0 Å². The van der Waals surface area contributed by atoms with Crippen LogP contribution >= 0.6 is 0 Å². The molecule has 1 aliphatic heterocycles. The second-order valence-corrected chi connectivity index (χ2v) is 2.63. The van der Waals surface area contributed by atoms with Crippen molar-refractivity contribution in [2.24, 2.45) is 5.92 Å². The van der Waals surface area contributed by atoms with E-state index in [9.17, 15) is 4.39 Å². The monoisotopic (exact) mass is 162 g/mol. The Morgan fingerprint density at radius 3 is 2.55 bits per heavy atom. The van der Waals surface area contributed by atoms with Gasteiger partial charge < -0.3 is 14.9 Å². The summed E-state index contributed by atoms with van der Waals surface area (Å²) in [7, 11) is 0. The average molecular weight is 162 g/mol. The van der Waals surface area contributed by atoms with Gasteiger partial charge in [0, 0.05) is 5.92 Å². The molecule has 0 aromatic carbocycles. The highest BCUT2D eigenvalue weighted by Gasteiger charge is 2.40. The molecular formula is C7H11FO3. The Bertz CT molecular complexity index is 131. The summed E-state index contributed by atoms with van der Waals surface area (Å²) in [6.07, 6.45) is -2.53. The highest BCUT2D eigenvalue weighted by molar-refractivity contribution is 4.90. The van der Waals surface area contributed by atoms with Crippen LogP contribution < -0.4 is 0 Å². The van der Waals surface area contributed by atoms with Gasteiger partial charge in [0.2, 0.25) is 0 Å². The number of ether oxygens (including phenoxy) is 1. The average Bonchev–Trinajstić information content (AvgIpc) is 2.28. The molecule has 2 N–H and O–H groups in total. The van der Waals surface area contributed by atoms with E-state index in [4.69, 9.17) is 21.9 Å². The molecule has 3 nitrogen and oxygen atoms in total. The van der Waals surface area contributed by atoms with E-state index in [-0.39, 0.29) is 6.61 Å². The molecule has 0 saturated carbocycles. The van der Waals surface area contributed by atoms with Crippen molar-refractivity contribution in [3.8, 4) is 0 Å². The molecule has 4 heteroatoms. The summed E-state index contributed by atoms with van der Waals surface area (Å²) >= 11 is 0. The standard InChI is InChI=1S/C7H11FO3/c1-4-7(10)5(2-8)6(3-9)11-4/h1,4-7,9-10H,2-3H2/t4-,5-,6+,7?/m0/s1. The first-order valence-corrected chi connectivity index (χ1v) is 3.46. The van der Waals surface area contributed by atoms with E-state index in [1.165, 1.54) is 0 Å². The van der Waals surface area contributed by atoms with Crippen molar-refractivity contribution in [1.29, 1.82) is 0 Å². The minimum Gasteiger partial charge on any atom is -0.394 e. The van der Waals surface area contributed by atoms with Crippen LogP contribution in [0, 0.1) is 12.8 Å². The van der Waals surface area contributed by atoms with Crippen LogP contribution in [-0.2, 0) is 4.74 Å². The lowest BCUT2D eigenvalue weighted by atomic mass is 9.99. The molecule has 0 bridgehead atoms. The lowest BCUT2D eigenvalue weighted by molar-refractivity contribution is 0.00778. The van der Waals surface area contributed by atoms with Gasteiger partial charge in [0.25, 0.3) is 0 Å². The number of aliphatic hydroxyl groups is 2. The minimum atomic E-state index is -1.00. The van der Waals surface area contributed by atoms with E-state index in [1.54, 1.807) is 0 Å². The van der Waals surface area contributed by atoms with E-state index >= 15 is 0 Å². The summed E-state index contributed by atoms with van der Waals surface area (Å²) in [5, 5.41) is 17.8. The first-order valence-electron chi connectivity index (χ1n) is 3.46. The number of halogens is 1. The SMILES string of the molecule is [CH][C@@H]1O[C@H](CO)[C@H](CF)C1O. The summed E-state index contributed by atoms with van der Waals surface area (Å²) in [6.45, 7) is 4.23. The summed E-state index contributed by atoms with van der Waals surface area (Å²) in [6, 6.07) is 0. The molecule has 1 rings (SSSR count). The smallest absolute Gasteiger partial charge is 0.0974 e. The van der Waals surface area contributed by atoms with Gasteiger partial charge in [-0.3, -0.25) is 4.39 Å². The Balaban J connectivity index is 2.57. The van der Waals surface area contributed by atoms with Gasteiger partial charge >= 0.3 is 0 Å². The maximum absolute atomic E-state index is 12.2. The highest BCUT2D eigenvalue weighted by atomic mass is 19.1. The number of hydrogen-bond acceptors (Lipinski definition) is 3. The second-order valence-electron chi connectivity index (χ2n) is 2.63. The zero-order chi connectivity index (χ0) is 8.43. The van der Waals surface area contributed by atoms with Gasteiger partial charge in [-0.25, -0.2) is 0 Å². The number of aliphatic hydroxyl groups excluding tert-OH is 2. The number of rotatable bonds is 2. The largest absolute Gasteiger partial charge is 0.394 e. The molecule has 2 radical (unpaired) electrons. The summed E-state index contributed by atoms with van der Waals surface area (Å²) in [5.74, 6) is -0.685. The third-order valence-electron chi connectivity index (χ3n) is 1.94. The van der Waals surface area contributed by atoms with E-state index < -0.39 is 30.9 Å². The molecule has 1 saturated heterocycles. The maximum atomic E-state index is 12.2. The molecule has 4 atom stereocenters. The second kappa shape index (κ2) is 3.47. The molecule has 1 unspecified atom stereocenters. The molecule has 0 aromatic heterocycles. The fourth-order valence-electron chi connectivity index (χ4n) is 1.22. The van der Waals surface area contributed by atoms with Gasteiger partial charge in [-0.15, -0.1) is 0 Å². The van der Waals surface area contributed by atoms with Crippen LogP contribution in [0.25, 0.3) is 0 Å². The summed E-state index contributed by atoms with van der Waals surface area (Å²) in [4.78, 5) is 0. The van der Waals surface area contributed by atoms with Gasteiger partial charge in [0.15, 0.2) is 0 Å². The first kappa shape index (κ1) is 8.90. The van der Waals surface area contributed by atoms with E-state index in [1.807, 2.05) is 0 Å². The summed E-state index contributed by atoms with van der Waals surface area (Å²) < 4.78 is 17.0. The van der Waals surface area contributed by atoms with Gasteiger partial charge in [0.1, 0.15) is 0 Å². The first-order chi connectivity index (χ1) is 5.20. The van der Waals surface area contributed by atoms with Gasteiger partial charge in [-0.2, -0.15) is 0 Å². The molecule has 0 aromatic rings. The lowest BCUT2D eigenvalue weighted by Crippen LogP contribution is -2.29. The van der Waals surface area contributed by atoms with E-state index in [0.29, 0.717) is 0 Å². The lowest BCUT2D eigenvalue weighted by Gasteiger charge is -2.13. The predicted molar refractivity (Wildman–Crippen MR) is 35.5 cm³/mol. The van der Waals surface area contributed by atoms with Crippen LogP contribution in [0.3, 0.4) is 0 Å². The van der Waals surface area contributed by atoms with Gasteiger partial charge in [-0.05, 0) is 6.92 Å². The van der Waals surface area contributed by atoms with Crippen molar-refractivity contribution in [2.75, 3.05) is 13.3 Å². The normalized spacial score (nSPS) is 44.7. The Morgan fingerprint density at radius 2 is 2.18 bits per heavy atom. The molecule has 1 heterocycles. The minimum absolute atomic E-state index is 0.306. The van der Waals surface area contributed by atoms with Crippen molar-refractivity contribution >= 4 is 0 Å². The molecule has 0 spiro atoms. The Morgan fingerprint density at radius 1 is 1.55 bits per heavy atom. The molecule has 1 aliphatic rings. The predicted octanol–water partition coefficient (Wildman–Crippen LogP) is -0.596. The molecule has 0 aliphatic carbocycles. The summed E-state index contributed by atoms with van der Waals surface area (Å²) in [5.41, 5.74) is 0. The fraction of sp³-hybridized carbons (Fsp3) is 0.857. The maximum Gasteiger partial charge on any atom is 0.0974 e. The zero-order valence-corrected chi connectivity index (χ0v) is 5.98. The molecule has 64 valence electrons. The Labute approximate surface area is 64.8 Å². The Kier molecular flexibility index (Phi) is 2.81. The van der Waals surface area contributed by atoms with E-state index in [2.05, 4.69) is 0 Å². The van der Waals surface area contributed by atoms with Gasteiger partial charge in [0.05, 0.1) is 31.6 Å². The van der Waals surface area contributed by atoms with Crippen molar-refractivity contribution in [1.82, 2.24) is 0 Å². The van der Waals surface area contributed by atoms with Crippen molar-refractivity contribution < 1.29 is 19.3 Å². The zero-order valence-electron chi connectivity index (χ0n) is 5.98. The molecule has 0 amide bonds. The number of hydrogen-bond donors (Lipinski definition) is 2. The van der Waals surface area contributed by atoms with Crippen molar-refractivity contribution in [2.45, 2.75) is 18.3 Å². The highest BCUT2D eigenvalue weighted by Crippen LogP contribution is 2.26.